The van der Waals surface area contributed by atoms with Crippen molar-refractivity contribution in [2.45, 2.75) is 40.5 Å². The van der Waals surface area contributed by atoms with E-state index in [4.69, 9.17) is 9.47 Å². The van der Waals surface area contributed by atoms with Crippen molar-refractivity contribution < 1.29 is 27.4 Å². The van der Waals surface area contributed by atoms with Gasteiger partial charge in [0.1, 0.15) is 18.1 Å². The van der Waals surface area contributed by atoms with Crippen LogP contribution in [0, 0.1) is 20.8 Å². The summed E-state index contributed by atoms with van der Waals surface area (Å²) in [5.41, 5.74) is 0.818. The van der Waals surface area contributed by atoms with Crippen LogP contribution in [-0.4, -0.2) is 11.0 Å². The molecule has 0 N–H and O–H groups in total. The Labute approximate surface area is 163 Å². The summed E-state index contributed by atoms with van der Waals surface area (Å²) in [7, 11) is 0. The molecule has 3 aromatic rings. The van der Waals surface area contributed by atoms with E-state index in [1.165, 1.54) is 31.3 Å². The van der Waals surface area contributed by atoms with E-state index in [1.807, 2.05) is 26.0 Å². The number of halogens is 3. The number of carbonyl (C=O) groups excluding carboxylic acids is 1. The fourth-order valence-corrected chi connectivity index (χ4v) is 3.99. The third kappa shape index (κ3) is 4.11. The van der Waals surface area contributed by atoms with Crippen LogP contribution < -0.4 is 9.47 Å². The van der Waals surface area contributed by atoms with Gasteiger partial charge in [-0.25, -0.2) is 4.98 Å². The highest BCUT2D eigenvalue weighted by atomic mass is 32.1. The number of thiophene rings is 1. The minimum absolute atomic E-state index is 0.100. The summed E-state index contributed by atoms with van der Waals surface area (Å²) in [6.45, 7) is 6.75. The second-order valence-corrected chi connectivity index (χ2v) is 7.68. The van der Waals surface area contributed by atoms with Gasteiger partial charge in [-0.1, -0.05) is 6.07 Å². The van der Waals surface area contributed by atoms with Crippen molar-refractivity contribution in [3.8, 4) is 11.5 Å². The molecule has 4 nitrogen and oxygen atoms in total. The summed E-state index contributed by atoms with van der Waals surface area (Å²) in [4.78, 5) is 15.8. The molecule has 3 rings (SSSR count). The lowest BCUT2D eigenvalue weighted by Crippen LogP contribution is -2.10. The van der Waals surface area contributed by atoms with Crippen molar-refractivity contribution in [1.29, 1.82) is 0 Å². The van der Waals surface area contributed by atoms with Gasteiger partial charge in [-0.05, 0) is 44.5 Å². The lowest BCUT2D eigenvalue weighted by molar-refractivity contribution is -0.141. The average molecular weight is 409 g/mol. The Hall–Kier alpha value is -2.61. The van der Waals surface area contributed by atoms with Gasteiger partial charge in [-0.2, -0.15) is 13.2 Å². The van der Waals surface area contributed by atoms with E-state index in [2.05, 4.69) is 4.98 Å². The van der Waals surface area contributed by atoms with E-state index in [0.29, 0.717) is 17.1 Å². The molecule has 0 unspecified atom stereocenters. The minimum atomic E-state index is -4.47. The van der Waals surface area contributed by atoms with Gasteiger partial charge in [-0.15, -0.1) is 11.3 Å². The molecule has 0 radical (unpaired) electrons. The maximum Gasteiger partial charge on any atom is 0.433 e. The van der Waals surface area contributed by atoms with Gasteiger partial charge in [-0.3, -0.25) is 4.79 Å². The van der Waals surface area contributed by atoms with Crippen LogP contribution in [0.1, 0.15) is 34.3 Å². The first-order chi connectivity index (χ1) is 13.1. The van der Waals surface area contributed by atoms with Crippen molar-refractivity contribution in [3.05, 3.63) is 51.7 Å². The first-order valence-corrected chi connectivity index (χ1v) is 9.26. The van der Waals surface area contributed by atoms with E-state index >= 15 is 0 Å². The van der Waals surface area contributed by atoms with Crippen molar-refractivity contribution in [2.75, 3.05) is 0 Å². The van der Waals surface area contributed by atoms with Crippen molar-refractivity contribution in [2.24, 2.45) is 0 Å². The zero-order chi connectivity index (χ0) is 20.6. The number of alkyl halides is 3. The van der Waals surface area contributed by atoms with E-state index in [0.717, 1.165) is 26.6 Å². The number of fused-ring (bicyclic) bond motifs is 1. The van der Waals surface area contributed by atoms with Gasteiger partial charge in [0.05, 0.1) is 0 Å². The zero-order valence-electron chi connectivity index (χ0n) is 15.7. The van der Waals surface area contributed by atoms with Crippen molar-refractivity contribution in [3.63, 3.8) is 0 Å². The maximum absolute atomic E-state index is 12.7. The Kier molecular flexibility index (Phi) is 5.34. The molecule has 148 valence electrons. The smallest absolute Gasteiger partial charge is 0.433 e. The number of aromatic nitrogens is 1. The number of ether oxygens (including phenoxy) is 2. The predicted octanol–water partition coefficient (Wildman–Crippen LogP) is 5.74. The number of hydrogen-bond donors (Lipinski definition) is 0. The lowest BCUT2D eigenvalue weighted by Gasteiger charge is -2.12. The van der Waals surface area contributed by atoms with Crippen LogP contribution >= 0.6 is 11.3 Å². The first kappa shape index (κ1) is 20.1. The molecule has 0 aliphatic rings. The fourth-order valence-electron chi connectivity index (χ4n) is 2.89. The number of hydrogen-bond acceptors (Lipinski definition) is 5. The standard InChI is InChI=1S/C20H18F3NO3S/c1-10-7-15(8-16-18(10)19(12(3)28-16)27-13(4)25)26-9-14-5-6-17(20(21,22)23)24-11(14)2/h5-8H,9H2,1-4H3. The summed E-state index contributed by atoms with van der Waals surface area (Å²) in [5, 5.41) is 0.859. The Bertz CT molecular complexity index is 1060. The van der Waals surface area contributed by atoms with Crippen LogP contribution in [0.3, 0.4) is 0 Å². The molecule has 2 aromatic heterocycles. The molecule has 0 saturated heterocycles. The minimum Gasteiger partial charge on any atom is -0.489 e. The topological polar surface area (TPSA) is 48.4 Å². The molecule has 0 atom stereocenters. The van der Waals surface area contributed by atoms with E-state index in [9.17, 15) is 18.0 Å². The second-order valence-electron chi connectivity index (χ2n) is 6.42. The Morgan fingerprint density at radius 2 is 1.89 bits per heavy atom. The maximum atomic E-state index is 12.7. The molecule has 0 fully saturated rings. The number of pyridine rings is 1. The molecule has 0 amide bonds. The lowest BCUT2D eigenvalue weighted by atomic mass is 10.1. The van der Waals surface area contributed by atoms with Crippen LogP contribution in [0.2, 0.25) is 0 Å². The van der Waals surface area contributed by atoms with Gasteiger partial charge >= 0.3 is 12.1 Å². The highest BCUT2D eigenvalue weighted by Crippen LogP contribution is 2.41. The Balaban J connectivity index is 1.85. The van der Waals surface area contributed by atoms with Gasteiger partial charge in [0.25, 0.3) is 0 Å². The quantitative estimate of drug-likeness (QED) is 0.515. The molecule has 0 bridgehead atoms. The number of carbonyl (C=O) groups is 1. The third-order valence-corrected chi connectivity index (χ3v) is 5.24. The highest BCUT2D eigenvalue weighted by molar-refractivity contribution is 7.19. The van der Waals surface area contributed by atoms with Crippen LogP contribution in [-0.2, 0) is 17.6 Å². The molecule has 0 aliphatic heterocycles. The largest absolute Gasteiger partial charge is 0.489 e. The van der Waals surface area contributed by atoms with Crippen LogP contribution in [0.4, 0.5) is 13.2 Å². The number of benzene rings is 1. The summed E-state index contributed by atoms with van der Waals surface area (Å²) < 4.78 is 50.2. The second kappa shape index (κ2) is 7.43. The molecule has 0 spiro atoms. The monoisotopic (exact) mass is 409 g/mol. The average Bonchev–Trinajstić information content (AvgIpc) is 2.88. The number of esters is 1. The SMILES string of the molecule is CC(=O)Oc1c(C)sc2cc(OCc3ccc(C(F)(F)F)nc3C)cc(C)c12. The van der Waals surface area contributed by atoms with E-state index < -0.39 is 11.9 Å². The molecule has 28 heavy (non-hydrogen) atoms. The molecule has 8 heteroatoms. The summed E-state index contributed by atoms with van der Waals surface area (Å²) in [6.07, 6.45) is -4.47. The Morgan fingerprint density at radius 1 is 1.18 bits per heavy atom. The molecule has 2 heterocycles. The van der Waals surface area contributed by atoms with Gasteiger partial charge < -0.3 is 9.47 Å². The highest BCUT2D eigenvalue weighted by Gasteiger charge is 2.32. The van der Waals surface area contributed by atoms with E-state index in [1.54, 1.807) is 0 Å². The summed E-state index contributed by atoms with van der Waals surface area (Å²) >= 11 is 1.48. The molecule has 0 saturated carbocycles. The summed E-state index contributed by atoms with van der Waals surface area (Å²) in [5.74, 6) is 0.757. The van der Waals surface area contributed by atoms with E-state index in [-0.39, 0.29) is 18.3 Å². The van der Waals surface area contributed by atoms with Crippen LogP contribution in [0.5, 0.6) is 11.5 Å². The van der Waals surface area contributed by atoms with Gasteiger partial charge in [0, 0.05) is 33.1 Å². The zero-order valence-corrected chi connectivity index (χ0v) is 16.5. The fraction of sp³-hybridized carbons (Fsp3) is 0.300. The molecular weight excluding hydrogens is 391 g/mol. The van der Waals surface area contributed by atoms with Gasteiger partial charge in [0.15, 0.2) is 5.75 Å². The van der Waals surface area contributed by atoms with Crippen molar-refractivity contribution >= 4 is 27.4 Å². The summed E-state index contributed by atoms with van der Waals surface area (Å²) in [6, 6.07) is 5.98. The van der Waals surface area contributed by atoms with Crippen LogP contribution in [0.15, 0.2) is 24.3 Å². The Morgan fingerprint density at radius 3 is 2.50 bits per heavy atom. The number of nitrogens with zero attached hydrogens (tertiary/aromatic N) is 1. The van der Waals surface area contributed by atoms with Gasteiger partial charge in [0.2, 0.25) is 0 Å². The predicted molar refractivity (Wildman–Crippen MR) is 101 cm³/mol. The molecule has 0 aliphatic carbocycles. The number of rotatable bonds is 4. The third-order valence-electron chi connectivity index (χ3n) is 4.21. The van der Waals surface area contributed by atoms with Crippen molar-refractivity contribution in [1.82, 2.24) is 4.98 Å². The van der Waals surface area contributed by atoms with Crippen LogP contribution in [0.25, 0.3) is 10.1 Å². The number of aryl methyl sites for hydroxylation is 3. The molecule has 1 aromatic carbocycles. The normalized spacial score (nSPS) is 11.7. The first-order valence-electron chi connectivity index (χ1n) is 8.45. The molecular formula is C20H18F3NO3S.